The summed E-state index contributed by atoms with van der Waals surface area (Å²) in [5.74, 6) is -0.665. The summed E-state index contributed by atoms with van der Waals surface area (Å²) in [7, 11) is 0. The Morgan fingerprint density at radius 2 is 1.81 bits per heavy atom. The number of nitrogens with zero attached hydrogens (tertiary/aromatic N) is 1. The van der Waals surface area contributed by atoms with Crippen LogP contribution >= 0.6 is 0 Å². The lowest BCUT2D eigenvalue weighted by Crippen LogP contribution is -2.34. The molecule has 0 aliphatic carbocycles. The number of aromatic amines is 1. The van der Waals surface area contributed by atoms with Crippen LogP contribution in [0.3, 0.4) is 0 Å². The number of carbonyl (C=O) groups excluding carboxylic acids is 2. The number of amides is 1. The number of esters is 1. The van der Waals surface area contributed by atoms with E-state index < -0.39 is 0 Å². The number of anilines is 1. The first-order chi connectivity index (χ1) is 13.2. The monoisotopic (exact) mass is 362 g/mol. The molecule has 3 rings (SSSR count). The van der Waals surface area contributed by atoms with Gasteiger partial charge in [-0.15, -0.1) is 6.58 Å². The molecule has 1 N–H and O–H groups in total. The van der Waals surface area contributed by atoms with Gasteiger partial charge < -0.3 is 14.6 Å². The van der Waals surface area contributed by atoms with Crippen LogP contribution in [0.15, 0.2) is 73.4 Å². The molecule has 3 aromatic rings. The van der Waals surface area contributed by atoms with Crippen LogP contribution in [0, 0.1) is 0 Å². The third kappa shape index (κ3) is 4.64. The van der Waals surface area contributed by atoms with Gasteiger partial charge in [-0.1, -0.05) is 42.5 Å². The van der Waals surface area contributed by atoms with Crippen molar-refractivity contribution in [1.29, 1.82) is 0 Å². The van der Waals surface area contributed by atoms with Crippen molar-refractivity contribution >= 4 is 28.5 Å². The Kier molecular flexibility index (Phi) is 6.05. The Hall–Kier alpha value is -3.34. The average Bonchev–Trinajstić information content (AvgIpc) is 3.12. The number of hydrogen-bond donors (Lipinski definition) is 1. The molecule has 27 heavy (non-hydrogen) atoms. The molecule has 138 valence electrons. The zero-order valence-electron chi connectivity index (χ0n) is 15.1. The summed E-state index contributed by atoms with van der Waals surface area (Å²) in [5, 5.41) is 1.10. The summed E-state index contributed by atoms with van der Waals surface area (Å²) in [5.41, 5.74) is 2.85. The number of H-pyrrole nitrogens is 1. The maximum absolute atomic E-state index is 12.4. The summed E-state index contributed by atoms with van der Waals surface area (Å²) < 4.78 is 5.19. The van der Waals surface area contributed by atoms with Crippen LogP contribution < -0.4 is 4.90 Å². The SMILES string of the molecule is C=CCN(C(=O)COC(=O)CCc1c[nH]c2ccccc12)c1ccccc1. The fourth-order valence-electron chi connectivity index (χ4n) is 2.96. The minimum absolute atomic E-state index is 0.224. The van der Waals surface area contributed by atoms with Gasteiger partial charge in [0.25, 0.3) is 5.91 Å². The van der Waals surface area contributed by atoms with E-state index in [0.29, 0.717) is 13.0 Å². The van der Waals surface area contributed by atoms with Crippen molar-refractivity contribution in [3.63, 3.8) is 0 Å². The Bertz CT molecular complexity index is 931. The molecule has 0 unspecified atom stereocenters. The molecule has 0 saturated carbocycles. The molecule has 0 atom stereocenters. The van der Waals surface area contributed by atoms with Crippen LogP contribution in [0.25, 0.3) is 10.9 Å². The van der Waals surface area contributed by atoms with Gasteiger partial charge in [0.1, 0.15) is 0 Å². The number of carbonyl (C=O) groups is 2. The van der Waals surface area contributed by atoms with E-state index in [-0.39, 0.29) is 24.9 Å². The fraction of sp³-hybridized carbons (Fsp3) is 0.182. The predicted molar refractivity (Wildman–Crippen MR) is 107 cm³/mol. The largest absolute Gasteiger partial charge is 0.456 e. The Morgan fingerprint density at radius 3 is 2.59 bits per heavy atom. The Morgan fingerprint density at radius 1 is 1.07 bits per heavy atom. The van der Waals surface area contributed by atoms with E-state index in [1.807, 2.05) is 60.8 Å². The zero-order valence-corrected chi connectivity index (χ0v) is 15.1. The van der Waals surface area contributed by atoms with Gasteiger partial charge in [0.05, 0.1) is 0 Å². The van der Waals surface area contributed by atoms with Gasteiger partial charge >= 0.3 is 5.97 Å². The van der Waals surface area contributed by atoms with E-state index in [9.17, 15) is 9.59 Å². The van der Waals surface area contributed by atoms with Gasteiger partial charge in [0.15, 0.2) is 6.61 Å². The molecule has 2 aromatic carbocycles. The summed E-state index contributed by atoms with van der Waals surface area (Å²) in [6.45, 7) is 3.76. The van der Waals surface area contributed by atoms with Crippen LogP contribution in [-0.2, 0) is 20.7 Å². The van der Waals surface area contributed by atoms with Crippen LogP contribution in [0.4, 0.5) is 5.69 Å². The van der Waals surface area contributed by atoms with Gasteiger partial charge in [0.2, 0.25) is 0 Å². The molecule has 0 saturated heterocycles. The highest BCUT2D eigenvalue weighted by molar-refractivity contribution is 5.95. The first-order valence-electron chi connectivity index (χ1n) is 8.86. The average molecular weight is 362 g/mol. The Labute approximate surface area is 158 Å². The molecule has 1 heterocycles. The van der Waals surface area contributed by atoms with Crippen molar-refractivity contribution in [2.75, 3.05) is 18.1 Å². The number of benzene rings is 2. The lowest BCUT2D eigenvalue weighted by molar-refractivity contribution is -0.147. The number of hydrogen-bond acceptors (Lipinski definition) is 3. The number of nitrogens with one attached hydrogen (secondary N) is 1. The van der Waals surface area contributed by atoms with Crippen molar-refractivity contribution in [3.8, 4) is 0 Å². The van der Waals surface area contributed by atoms with Crippen molar-refractivity contribution in [3.05, 3.63) is 79.0 Å². The standard InChI is InChI=1S/C22H22N2O3/c1-2-14-24(18-8-4-3-5-9-18)21(25)16-27-22(26)13-12-17-15-23-20-11-7-6-10-19(17)20/h2-11,15,23H,1,12-14,16H2. The first kappa shape index (κ1) is 18.5. The van der Waals surface area contributed by atoms with E-state index in [1.54, 1.807) is 11.0 Å². The minimum atomic E-state index is -0.389. The first-order valence-corrected chi connectivity index (χ1v) is 8.86. The van der Waals surface area contributed by atoms with Crippen molar-refractivity contribution < 1.29 is 14.3 Å². The molecule has 0 spiro atoms. The molecule has 5 nitrogen and oxygen atoms in total. The number of aromatic nitrogens is 1. The maximum atomic E-state index is 12.4. The summed E-state index contributed by atoms with van der Waals surface area (Å²) in [4.78, 5) is 29.2. The summed E-state index contributed by atoms with van der Waals surface area (Å²) in [6, 6.07) is 17.2. The lowest BCUT2D eigenvalue weighted by Gasteiger charge is -2.21. The third-order valence-corrected chi connectivity index (χ3v) is 4.31. The van der Waals surface area contributed by atoms with Crippen LogP contribution in [0.2, 0.25) is 0 Å². The summed E-state index contributed by atoms with van der Waals surface area (Å²) >= 11 is 0. The van der Waals surface area contributed by atoms with Crippen molar-refractivity contribution in [2.45, 2.75) is 12.8 Å². The number of para-hydroxylation sites is 2. The molecular weight excluding hydrogens is 340 g/mol. The fourth-order valence-corrected chi connectivity index (χ4v) is 2.96. The molecule has 0 aliphatic heterocycles. The second-order valence-electron chi connectivity index (χ2n) is 6.15. The topological polar surface area (TPSA) is 62.4 Å². The van der Waals surface area contributed by atoms with Crippen LogP contribution in [0.5, 0.6) is 0 Å². The number of aryl methyl sites for hydroxylation is 1. The highest BCUT2D eigenvalue weighted by Gasteiger charge is 2.16. The van der Waals surface area contributed by atoms with Crippen LogP contribution in [0.1, 0.15) is 12.0 Å². The summed E-state index contributed by atoms with van der Waals surface area (Å²) in [6.07, 6.45) is 4.34. The predicted octanol–water partition coefficient (Wildman–Crippen LogP) is 3.86. The van der Waals surface area contributed by atoms with Gasteiger partial charge in [-0.25, -0.2) is 0 Å². The van der Waals surface area contributed by atoms with Crippen molar-refractivity contribution in [1.82, 2.24) is 4.98 Å². The van der Waals surface area contributed by atoms with E-state index in [2.05, 4.69) is 11.6 Å². The maximum Gasteiger partial charge on any atom is 0.306 e. The van der Waals surface area contributed by atoms with Gasteiger partial charge in [-0.05, 0) is 30.2 Å². The quantitative estimate of drug-likeness (QED) is 0.489. The zero-order chi connectivity index (χ0) is 19.1. The van der Waals surface area contributed by atoms with E-state index >= 15 is 0 Å². The molecule has 0 radical (unpaired) electrons. The van der Waals surface area contributed by atoms with Gasteiger partial charge in [0, 0.05) is 35.8 Å². The normalized spacial score (nSPS) is 10.5. The smallest absolute Gasteiger partial charge is 0.306 e. The Balaban J connectivity index is 1.53. The molecule has 0 aliphatic rings. The highest BCUT2D eigenvalue weighted by atomic mass is 16.5. The minimum Gasteiger partial charge on any atom is -0.456 e. The number of ether oxygens (including phenoxy) is 1. The molecule has 5 heteroatoms. The molecule has 0 fully saturated rings. The van der Waals surface area contributed by atoms with Crippen LogP contribution in [-0.4, -0.2) is 30.0 Å². The van der Waals surface area contributed by atoms with Gasteiger partial charge in [-0.3, -0.25) is 9.59 Å². The van der Waals surface area contributed by atoms with E-state index in [1.165, 1.54) is 0 Å². The van der Waals surface area contributed by atoms with Gasteiger partial charge in [-0.2, -0.15) is 0 Å². The second-order valence-corrected chi connectivity index (χ2v) is 6.15. The van der Waals surface area contributed by atoms with E-state index in [0.717, 1.165) is 22.2 Å². The number of fused-ring (bicyclic) bond motifs is 1. The van der Waals surface area contributed by atoms with E-state index in [4.69, 9.17) is 4.74 Å². The molecule has 0 bridgehead atoms. The third-order valence-electron chi connectivity index (χ3n) is 4.31. The van der Waals surface area contributed by atoms with Crippen molar-refractivity contribution in [2.24, 2.45) is 0 Å². The second kappa shape index (κ2) is 8.85. The molecular formula is C22H22N2O3. The number of rotatable bonds is 8. The molecule has 1 amide bonds. The lowest BCUT2D eigenvalue weighted by atomic mass is 10.1. The highest BCUT2D eigenvalue weighted by Crippen LogP contribution is 2.19. The molecule has 1 aromatic heterocycles.